The second kappa shape index (κ2) is 6.03. The Kier molecular flexibility index (Phi) is 4.12. The van der Waals surface area contributed by atoms with E-state index in [-0.39, 0.29) is 11.8 Å². The van der Waals surface area contributed by atoms with Gasteiger partial charge in [-0.25, -0.2) is 0 Å². The molecule has 5 heteroatoms. The summed E-state index contributed by atoms with van der Waals surface area (Å²) in [5.41, 5.74) is 1.84. The third-order valence-electron chi connectivity index (χ3n) is 3.47. The maximum absolute atomic E-state index is 12.4. The fraction of sp³-hybridized carbons (Fsp3) is 0.188. The zero-order chi connectivity index (χ0) is 14.8. The summed E-state index contributed by atoms with van der Waals surface area (Å²) in [5.74, 6) is 0.686. The number of hydrogen-bond acceptors (Lipinski definition) is 3. The van der Waals surface area contributed by atoms with Crippen LogP contribution in [-0.4, -0.2) is 22.1 Å². The molecule has 0 spiro atoms. The molecule has 1 N–H and O–H groups in total. The quantitative estimate of drug-likeness (QED) is 0.945. The van der Waals surface area contributed by atoms with Crippen LogP contribution in [0.15, 0.2) is 58.3 Å². The number of carbonyl (C=O) groups excluding carboxylic acids is 1. The normalized spacial score (nSPS) is 18.0. The lowest BCUT2D eigenvalue weighted by atomic mass is 10.0. The van der Waals surface area contributed by atoms with Crippen LogP contribution < -0.4 is 5.32 Å². The molecule has 0 bridgehead atoms. The van der Waals surface area contributed by atoms with Crippen LogP contribution in [0.5, 0.6) is 0 Å². The molecule has 21 heavy (non-hydrogen) atoms. The zero-order valence-corrected chi connectivity index (χ0v) is 13.2. The van der Waals surface area contributed by atoms with Gasteiger partial charge in [-0.15, -0.1) is 11.8 Å². The predicted molar refractivity (Wildman–Crippen MR) is 87.3 cm³/mol. The van der Waals surface area contributed by atoms with Gasteiger partial charge in [-0.05, 0) is 35.9 Å². The topological polar surface area (TPSA) is 46.2 Å². The van der Waals surface area contributed by atoms with Gasteiger partial charge in [-0.3, -0.25) is 9.00 Å². The minimum absolute atomic E-state index is 0.0119. The summed E-state index contributed by atoms with van der Waals surface area (Å²) in [5, 5.41) is 2.94. The Morgan fingerprint density at radius 2 is 1.90 bits per heavy atom. The van der Waals surface area contributed by atoms with Gasteiger partial charge in [0, 0.05) is 38.3 Å². The van der Waals surface area contributed by atoms with Gasteiger partial charge in [0.15, 0.2) is 0 Å². The Morgan fingerprint density at radius 1 is 1.19 bits per heavy atom. The van der Waals surface area contributed by atoms with Gasteiger partial charge in [0.2, 0.25) is 5.91 Å². The third kappa shape index (κ3) is 3.04. The molecular weight excluding hydrogens is 302 g/mol. The third-order valence-corrected chi connectivity index (χ3v) is 5.59. The SMILES string of the molecule is C[S@](=O)c1ccc(NC(=O)[C@@H]2CSc3ccccc32)cc1. The fourth-order valence-corrected chi connectivity index (χ4v) is 4.09. The number of benzene rings is 2. The molecule has 0 radical (unpaired) electrons. The lowest BCUT2D eigenvalue weighted by Crippen LogP contribution is -2.20. The summed E-state index contributed by atoms with van der Waals surface area (Å²) < 4.78 is 11.3. The van der Waals surface area contributed by atoms with Crippen LogP contribution in [0.25, 0.3) is 0 Å². The van der Waals surface area contributed by atoms with Crippen LogP contribution in [0.2, 0.25) is 0 Å². The van der Waals surface area contributed by atoms with E-state index in [2.05, 4.69) is 11.4 Å². The number of nitrogens with one attached hydrogen (secondary N) is 1. The first kappa shape index (κ1) is 14.4. The highest BCUT2D eigenvalue weighted by Gasteiger charge is 2.28. The van der Waals surface area contributed by atoms with Gasteiger partial charge in [0.05, 0.1) is 5.92 Å². The van der Waals surface area contributed by atoms with E-state index in [9.17, 15) is 9.00 Å². The molecular formula is C16H15NO2S2. The molecule has 0 saturated carbocycles. The largest absolute Gasteiger partial charge is 0.326 e. The first-order valence-corrected chi connectivity index (χ1v) is 9.15. The number of hydrogen-bond donors (Lipinski definition) is 1. The van der Waals surface area contributed by atoms with Gasteiger partial charge in [0.1, 0.15) is 0 Å². The van der Waals surface area contributed by atoms with Gasteiger partial charge in [-0.1, -0.05) is 18.2 Å². The molecule has 0 aromatic heterocycles. The number of amides is 1. The maximum Gasteiger partial charge on any atom is 0.232 e. The molecule has 0 saturated heterocycles. The van der Waals surface area contributed by atoms with Gasteiger partial charge >= 0.3 is 0 Å². The van der Waals surface area contributed by atoms with Crippen LogP contribution in [0.1, 0.15) is 11.5 Å². The van der Waals surface area contributed by atoms with E-state index < -0.39 is 10.8 Å². The zero-order valence-electron chi connectivity index (χ0n) is 11.5. The van der Waals surface area contributed by atoms with E-state index in [0.717, 1.165) is 21.9 Å². The molecule has 1 heterocycles. The van der Waals surface area contributed by atoms with Crippen molar-refractivity contribution in [3.63, 3.8) is 0 Å². The summed E-state index contributed by atoms with van der Waals surface area (Å²) in [7, 11) is -0.998. The fourth-order valence-electron chi connectivity index (χ4n) is 2.34. The highest BCUT2D eigenvalue weighted by atomic mass is 32.2. The van der Waals surface area contributed by atoms with Crippen molar-refractivity contribution in [1.82, 2.24) is 0 Å². The van der Waals surface area contributed by atoms with Crippen LogP contribution in [0.4, 0.5) is 5.69 Å². The van der Waals surface area contributed by atoms with Crippen LogP contribution in [0, 0.1) is 0 Å². The van der Waals surface area contributed by atoms with E-state index in [1.165, 1.54) is 4.90 Å². The van der Waals surface area contributed by atoms with Crippen molar-refractivity contribution >= 4 is 34.2 Å². The molecule has 3 nitrogen and oxygen atoms in total. The average molecular weight is 317 g/mol. The number of rotatable bonds is 3. The summed E-state index contributed by atoms with van der Waals surface area (Å²) in [6.45, 7) is 0. The highest BCUT2D eigenvalue weighted by Crippen LogP contribution is 2.39. The summed E-state index contributed by atoms with van der Waals surface area (Å²) in [6, 6.07) is 15.2. The van der Waals surface area contributed by atoms with E-state index >= 15 is 0 Å². The number of thioether (sulfide) groups is 1. The predicted octanol–water partition coefficient (Wildman–Crippen LogP) is 3.25. The Morgan fingerprint density at radius 3 is 2.62 bits per heavy atom. The number of fused-ring (bicyclic) bond motifs is 1. The van der Waals surface area contributed by atoms with Crippen molar-refractivity contribution in [3.8, 4) is 0 Å². The molecule has 1 aliphatic rings. The van der Waals surface area contributed by atoms with Crippen molar-refractivity contribution in [3.05, 3.63) is 54.1 Å². The lowest BCUT2D eigenvalue weighted by Gasteiger charge is -2.11. The van der Waals surface area contributed by atoms with E-state index in [4.69, 9.17) is 0 Å². The van der Waals surface area contributed by atoms with Crippen molar-refractivity contribution < 1.29 is 9.00 Å². The monoisotopic (exact) mass is 317 g/mol. The first-order chi connectivity index (χ1) is 10.1. The van der Waals surface area contributed by atoms with Crippen LogP contribution in [-0.2, 0) is 15.6 Å². The lowest BCUT2D eigenvalue weighted by molar-refractivity contribution is -0.117. The first-order valence-electron chi connectivity index (χ1n) is 6.61. The average Bonchev–Trinajstić information content (AvgIpc) is 2.92. The van der Waals surface area contributed by atoms with Crippen molar-refractivity contribution in [2.75, 3.05) is 17.3 Å². The second-order valence-corrected chi connectivity index (χ2v) is 7.31. The molecule has 0 aliphatic carbocycles. The minimum Gasteiger partial charge on any atom is -0.326 e. The van der Waals surface area contributed by atoms with E-state index in [1.54, 1.807) is 42.3 Å². The maximum atomic E-state index is 12.4. The van der Waals surface area contributed by atoms with Gasteiger partial charge in [0.25, 0.3) is 0 Å². The van der Waals surface area contributed by atoms with E-state index in [0.29, 0.717) is 0 Å². The van der Waals surface area contributed by atoms with Crippen molar-refractivity contribution in [2.45, 2.75) is 15.7 Å². The minimum atomic E-state index is -0.998. The highest BCUT2D eigenvalue weighted by molar-refractivity contribution is 7.99. The Hall–Kier alpha value is -1.59. The smallest absolute Gasteiger partial charge is 0.232 e. The molecule has 0 unspecified atom stereocenters. The van der Waals surface area contributed by atoms with Crippen molar-refractivity contribution in [2.24, 2.45) is 0 Å². The molecule has 1 amide bonds. The number of anilines is 1. The van der Waals surface area contributed by atoms with Crippen molar-refractivity contribution in [1.29, 1.82) is 0 Å². The summed E-state index contributed by atoms with van der Waals surface area (Å²) in [6.07, 6.45) is 1.64. The molecule has 108 valence electrons. The van der Waals surface area contributed by atoms with Gasteiger partial charge in [-0.2, -0.15) is 0 Å². The van der Waals surface area contributed by atoms with Crippen LogP contribution >= 0.6 is 11.8 Å². The molecule has 2 aromatic rings. The summed E-state index contributed by atoms with van der Waals surface area (Å²) >= 11 is 1.72. The second-order valence-electron chi connectivity index (χ2n) is 4.87. The Bertz CT molecular complexity index is 698. The Balaban J connectivity index is 1.74. The standard InChI is InChI=1S/C16H15NO2S2/c1-21(19)12-8-6-11(7-9-12)17-16(18)14-10-20-15-5-3-2-4-13(14)15/h2-9,14H,10H2,1H3,(H,17,18)/t14-,21+/m1/s1. The van der Waals surface area contributed by atoms with Crippen LogP contribution in [0.3, 0.4) is 0 Å². The Labute approximate surface area is 130 Å². The van der Waals surface area contributed by atoms with E-state index in [1.807, 2.05) is 18.2 Å². The molecule has 0 fully saturated rings. The molecule has 1 aliphatic heterocycles. The molecule has 3 rings (SSSR count). The summed E-state index contributed by atoms with van der Waals surface area (Å²) in [4.78, 5) is 14.4. The molecule has 2 atom stereocenters. The molecule has 2 aromatic carbocycles. The van der Waals surface area contributed by atoms with Gasteiger partial charge < -0.3 is 5.32 Å². The number of carbonyl (C=O) groups is 1.